The number of rotatable bonds is 7. The Bertz CT molecular complexity index is 242. The molecule has 86 valence electrons. The first-order valence-electron chi connectivity index (χ1n) is 5.75. The molecule has 3 heteroatoms. The van der Waals surface area contributed by atoms with E-state index < -0.39 is 0 Å². The van der Waals surface area contributed by atoms with Crippen molar-refractivity contribution >= 4 is 11.3 Å². The highest BCUT2D eigenvalue weighted by atomic mass is 32.1. The molecular formula is C12H22N2S. The zero-order chi connectivity index (χ0) is 11.1. The first-order chi connectivity index (χ1) is 7.27. The van der Waals surface area contributed by atoms with Gasteiger partial charge in [-0.3, -0.25) is 4.90 Å². The van der Waals surface area contributed by atoms with Crippen LogP contribution < -0.4 is 5.32 Å². The lowest BCUT2D eigenvalue weighted by atomic mass is 10.2. The molecule has 0 amide bonds. The van der Waals surface area contributed by atoms with Crippen LogP contribution in [0.15, 0.2) is 17.5 Å². The smallest absolute Gasteiger partial charge is 0.0300 e. The van der Waals surface area contributed by atoms with Gasteiger partial charge >= 0.3 is 0 Å². The number of nitrogens with zero attached hydrogens (tertiary/aromatic N) is 1. The van der Waals surface area contributed by atoms with Crippen molar-refractivity contribution in [2.45, 2.75) is 33.4 Å². The summed E-state index contributed by atoms with van der Waals surface area (Å²) in [7, 11) is 0. The third kappa shape index (κ3) is 4.33. The van der Waals surface area contributed by atoms with Crippen LogP contribution >= 0.6 is 11.3 Å². The highest BCUT2D eigenvalue weighted by molar-refractivity contribution is 7.09. The minimum absolute atomic E-state index is 0.625. The second-order valence-electron chi connectivity index (χ2n) is 3.78. The Morgan fingerprint density at radius 1 is 1.40 bits per heavy atom. The first kappa shape index (κ1) is 12.7. The monoisotopic (exact) mass is 226 g/mol. The highest BCUT2D eigenvalue weighted by Gasteiger charge is 2.08. The van der Waals surface area contributed by atoms with Crippen molar-refractivity contribution in [1.82, 2.24) is 10.2 Å². The minimum Gasteiger partial charge on any atom is -0.310 e. The van der Waals surface area contributed by atoms with Gasteiger partial charge in [-0.25, -0.2) is 0 Å². The molecule has 0 saturated carbocycles. The molecule has 0 radical (unpaired) electrons. The van der Waals surface area contributed by atoms with E-state index in [0.29, 0.717) is 6.04 Å². The lowest BCUT2D eigenvalue weighted by Gasteiger charge is -2.26. The fourth-order valence-corrected chi connectivity index (χ4v) is 2.47. The highest BCUT2D eigenvalue weighted by Crippen LogP contribution is 2.07. The molecule has 1 unspecified atom stereocenters. The first-order valence-corrected chi connectivity index (χ1v) is 6.63. The van der Waals surface area contributed by atoms with Crippen LogP contribution in [-0.2, 0) is 6.54 Å². The lowest BCUT2D eigenvalue weighted by Crippen LogP contribution is -2.39. The van der Waals surface area contributed by atoms with E-state index in [0.717, 1.165) is 26.2 Å². The van der Waals surface area contributed by atoms with Crippen molar-refractivity contribution in [1.29, 1.82) is 0 Å². The summed E-state index contributed by atoms with van der Waals surface area (Å²) >= 11 is 1.82. The zero-order valence-electron chi connectivity index (χ0n) is 9.99. The van der Waals surface area contributed by atoms with Crippen LogP contribution in [0.5, 0.6) is 0 Å². The van der Waals surface area contributed by atoms with Gasteiger partial charge in [0.2, 0.25) is 0 Å². The van der Waals surface area contributed by atoms with Gasteiger partial charge in [0.15, 0.2) is 0 Å². The molecule has 0 spiro atoms. The van der Waals surface area contributed by atoms with Crippen LogP contribution in [-0.4, -0.2) is 30.6 Å². The Morgan fingerprint density at radius 3 is 2.67 bits per heavy atom. The van der Waals surface area contributed by atoms with Gasteiger partial charge in [-0.05, 0) is 31.5 Å². The van der Waals surface area contributed by atoms with Gasteiger partial charge < -0.3 is 5.32 Å². The summed E-state index contributed by atoms with van der Waals surface area (Å²) in [6.07, 6.45) is 0. The summed E-state index contributed by atoms with van der Waals surface area (Å²) in [4.78, 5) is 3.89. The molecule has 1 N–H and O–H groups in total. The molecule has 2 nitrogen and oxygen atoms in total. The molecule has 1 atom stereocenters. The molecule has 0 aliphatic carbocycles. The predicted molar refractivity (Wildman–Crippen MR) is 68.4 cm³/mol. The van der Waals surface area contributed by atoms with Crippen LogP contribution in [0.3, 0.4) is 0 Å². The average Bonchev–Trinajstić information content (AvgIpc) is 2.72. The van der Waals surface area contributed by atoms with Crippen molar-refractivity contribution < 1.29 is 0 Å². The predicted octanol–water partition coefficient (Wildman–Crippen LogP) is 2.57. The van der Waals surface area contributed by atoms with Crippen LogP contribution in [0, 0.1) is 0 Å². The third-order valence-electron chi connectivity index (χ3n) is 2.75. The maximum Gasteiger partial charge on any atom is 0.0300 e. The van der Waals surface area contributed by atoms with E-state index in [2.05, 4.69) is 48.5 Å². The van der Waals surface area contributed by atoms with Gasteiger partial charge in [-0.15, -0.1) is 11.3 Å². The molecular weight excluding hydrogens is 204 g/mol. The normalized spacial score (nSPS) is 13.3. The van der Waals surface area contributed by atoms with Gasteiger partial charge in [-0.2, -0.15) is 0 Å². The van der Waals surface area contributed by atoms with E-state index in [9.17, 15) is 0 Å². The van der Waals surface area contributed by atoms with E-state index in [1.165, 1.54) is 4.88 Å². The van der Waals surface area contributed by atoms with Gasteiger partial charge in [0.05, 0.1) is 0 Å². The number of hydrogen-bond acceptors (Lipinski definition) is 3. The number of thiophene rings is 1. The Morgan fingerprint density at radius 2 is 2.13 bits per heavy atom. The SMILES string of the molecule is CCN(CC)C(C)CNCc1cccs1. The maximum atomic E-state index is 3.51. The average molecular weight is 226 g/mol. The summed E-state index contributed by atoms with van der Waals surface area (Å²) < 4.78 is 0. The molecule has 0 saturated heterocycles. The summed E-state index contributed by atoms with van der Waals surface area (Å²) in [5.41, 5.74) is 0. The zero-order valence-corrected chi connectivity index (χ0v) is 10.8. The summed E-state index contributed by atoms with van der Waals surface area (Å²) in [5, 5.41) is 5.64. The molecule has 1 rings (SSSR count). The van der Waals surface area contributed by atoms with Crippen molar-refractivity contribution in [3.63, 3.8) is 0 Å². The summed E-state index contributed by atoms with van der Waals surface area (Å²) in [5.74, 6) is 0. The molecule has 0 fully saturated rings. The third-order valence-corrected chi connectivity index (χ3v) is 3.63. The van der Waals surface area contributed by atoms with E-state index in [4.69, 9.17) is 0 Å². The molecule has 0 aromatic carbocycles. The van der Waals surface area contributed by atoms with Crippen molar-refractivity contribution in [2.24, 2.45) is 0 Å². The Kier molecular flexibility index (Phi) is 5.91. The number of hydrogen-bond donors (Lipinski definition) is 1. The van der Waals surface area contributed by atoms with Gasteiger partial charge in [-0.1, -0.05) is 19.9 Å². The maximum absolute atomic E-state index is 3.51. The van der Waals surface area contributed by atoms with Crippen LogP contribution in [0.1, 0.15) is 25.6 Å². The van der Waals surface area contributed by atoms with Gasteiger partial charge in [0.1, 0.15) is 0 Å². The fraction of sp³-hybridized carbons (Fsp3) is 0.667. The molecule has 0 bridgehead atoms. The second kappa shape index (κ2) is 6.99. The molecule has 1 aromatic heterocycles. The van der Waals surface area contributed by atoms with Gasteiger partial charge in [0.25, 0.3) is 0 Å². The fourth-order valence-electron chi connectivity index (χ4n) is 1.79. The molecule has 15 heavy (non-hydrogen) atoms. The van der Waals surface area contributed by atoms with Crippen LogP contribution in [0.4, 0.5) is 0 Å². The van der Waals surface area contributed by atoms with Crippen molar-refractivity contribution in [3.8, 4) is 0 Å². The van der Waals surface area contributed by atoms with Gasteiger partial charge in [0, 0.05) is 24.0 Å². The number of nitrogens with one attached hydrogen (secondary N) is 1. The second-order valence-corrected chi connectivity index (χ2v) is 4.81. The van der Waals surface area contributed by atoms with Crippen LogP contribution in [0.2, 0.25) is 0 Å². The Labute approximate surface area is 97.3 Å². The minimum atomic E-state index is 0.625. The van der Waals surface area contributed by atoms with Crippen LogP contribution in [0.25, 0.3) is 0 Å². The Hall–Kier alpha value is -0.380. The summed E-state index contributed by atoms with van der Waals surface area (Å²) in [6.45, 7) is 11.1. The van der Waals surface area contributed by atoms with Crippen molar-refractivity contribution in [2.75, 3.05) is 19.6 Å². The summed E-state index contributed by atoms with van der Waals surface area (Å²) in [6, 6.07) is 4.91. The van der Waals surface area contributed by atoms with Crippen molar-refractivity contribution in [3.05, 3.63) is 22.4 Å². The van der Waals surface area contributed by atoms with E-state index >= 15 is 0 Å². The van der Waals surface area contributed by atoms with E-state index in [-0.39, 0.29) is 0 Å². The quantitative estimate of drug-likeness (QED) is 0.769. The Balaban J connectivity index is 2.19. The number of likely N-dealkylation sites (N-methyl/N-ethyl adjacent to an activating group) is 1. The lowest BCUT2D eigenvalue weighted by molar-refractivity contribution is 0.226. The topological polar surface area (TPSA) is 15.3 Å². The van der Waals surface area contributed by atoms with E-state index in [1.54, 1.807) is 0 Å². The molecule has 0 aliphatic rings. The molecule has 1 aromatic rings. The molecule has 1 heterocycles. The van der Waals surface area contributed by atoms with E-state index in [1.807, 2.05) is 11.3 Å². The molecule has 0 aliphatic heterocycles. The largest absolute Gasteiger partial charge is 0.310 e. The standard InChI is InChI=1S/C12H22N2S/c1-4-14(5-2)11(3)9-13-10-12-7-6-8-15-12/h6-8,11,13H,4-5,9-10H2,1-3H3.